The lowest BCUT2D eigenvalue weighted by atomic mass is 10.1. The Morgan fingerprint density at radius 2 is 2.19 bits per heavy atom. The zero-order chi connectivity index (χ0) is 12.0. The number of rotatable bonds is 6. The fourth-order valence-electron chi connectivity index (χ4n) is 1.07. The van der Waals surface area contributed by atoms with Gasteiger partial charge in [0.15, 0.2) is 0 Å². The predicted molar refractivity (Wildman–Crippen MR) is 71.7 cm³/mol. The molecule has 0 amide bonds. The summed E-state index contributed by atoms with van der Waals surface area (Å²) in [7, 11) is 3.45. The molecule has 0 saturated heterocycles. The van der Waals surface area contributed by atoms with Crippen LogP contribution in [0.25, 0.3) is 0 Å². The van der Waals surface area contributed by atoms with Crippen molar-refractivity contribution in [1.82, 2.24) is 4.98 Å². The lowest BCUT2D eigenvalue weighted by molar-refractivity contribution is -0.117. The molecule has 0 fully saturated rings. The van der Waals surface area contributed by atoms with E-state index in [4.69, 9.17) is 0 Å². The highest BCUT2D eigenvalue weighted by molar-refractivity contribution is 8.77. The minimum absolute atomic E-state index is 0.105. The molecule has 0 aromatic carbocycles. The van der Waals surface area contributed by atoms with Gasteiger partial charge in [-0.1, -0.05) is 16.9 Å². The Morgan fingerprint density at radius 1 is 1.44 bits per heavy atom. The van der Waals surface area contributed by atoms with Crippen LogP contribution in [0, 0.1) is 0 Å². The van der Waals surface area contributed by atoms with E-state index in [1.54, 1.807) is 34.7 Å². The molecule has 1 aromatic rings. The van der Waals surface area contributed by atoms with Crippen molar-refractivity contribution in [2.45, 2.75) is 43.4 Å². The number of aromatic nitrogens is 1. The van der Waals surface area contributed by atoms with Gasteiger partial charge in [-0.3, -0.25) is 0 Å². The summed E-state index contributed by atoms with van der Waals surface area (Å²) in [6.45, 7) is 5.97. The van der Waals surface area contributed by atoms with E-state index in [9.17, 15) is 4.79 Å². The Balaban J connectivity index is 2.38. The molecule has 0 spiro atoms. The number of ketones is 1. The van der Waals surface area contributed by atoms with Crippen LogP contribution in [0.15, 0.2) is 29.4 Å². The summed E-state index contributed by atoms with van der Waals surface area (Å²) in [6.07, 6.45) is 3.36. The summed E-state index contributed by atoms with van der Waals surface area (Å²) in [5, 5.41) is 1.02. The van der Waals surface area contributed by atoms with Gasteiger partial charge in [0.25, 0.3) is 0 Å². The van der Waals surface area contributed by atoms with Gasteiger partial charge in [-0.05, 0) is 50.1 Å². The van der Waals surface area contributed by atoms with Crippen LogP contribution in [0.3, 0.4) is 0 Å². The van der Waals surface area contributed by atoms with Crippen molar-refractivity contribution in [3.8, 4) is 0 Å². The average molecular weight is 255 g/mol. The lowest BCUT2D eigenvalue weighted by Gasteiger charge is -2.22. The average Bonchev–Trinajstić information content (AvgIpc) is 2.26. The number of pyridine rings is 1. The van der Waals surface area contributed by atoms with Crippen molar-refractivity contribution in [2.75, 3.05) is 0 Å². The van der Waals surface area contributed by atoms with E-state index in [2.05, 4.69) is 18.8 Å². The van der Waals surface area contributed by atoms with Crippen molar-refractivity contribution in [2.24, 2.45) is 0 Å². The normalized spacial score (nSPS) is 11.4. The quantitative estimate of drug-likeness (QED) is 0.719. The SMILES string of the molecule is CC(=O)CCC(C)(C)SSc1ccccn1. The standard InChI is InChI=1S/C12H17NOS2/c1-10(14)7-8-12(2,3)16-15-11-6-4-5-9-13-11/h4-6,9H,7-8H2,1-3H3. The summed E-state index contributed by atoms with van der Waals surface area (Å²) >= 11 is 0. The third kappa shape index (κ3) is 5.56. The van der Waals surface area contributed by atoms with Crippen LogP contribution in [0.2, 0.25) is 0 Å². The zero-order valence-electron chi connectivity index (χ0n) is 9.90. The minimum atomic E-state index is 0.105. The first-order chi connectivity index (χ1) is 7.49. The van der Waals surface area contributed by atoms with Crippen LogP contribution in [-0.4, -0.2) is 15.5 Å². The first-order valence-corrected chi connectivity index (χ1v) is 7.41. The van der Waals surface area contributed by atoms with Gasteiger partial charge in [0, 0.05) is 17.4 Å². The Morgan fingerprint density at radius 3 is 2.75 bits per heavy atom. The van der Waals surface area contributed by atoms with Crippen LogP contribution in [-0.2, 0) is 4.79 Å². The van der Waals surface area contributed by atoms with Gasteiger partial charge in [0.05, 0.1) is 0 Å². The smallest absolute Gasteiger partial charge is 0.129 e. The first kappa shape index (κ1) is 13.6. The summed E-state index contributed by atoms with van der Waals surface area (Å²) < 4.78 is 0.105. The molecule has 4 heteroatoms. The number of carbonyl (C=O) groups is 1. The number of Topliss-reactive ketones (excluding diaryl/α,β-unsaturated/α-hetero) is 1. The number of hydrogen-bond donors (Lipinski definition) is 0. The van der Waals surface area contributed by atoms with Gasteiger partial charge < -0.3 is 4.79 Å². The molecule has 0 bridgehead atoms. The van der Waals surface area contributed by atoms with E-state index in [0.717, 1.165) is 11.4 Å². The highest BCUT2D eigenvalue weighted by atomic mass is 33.1. The van der Waals surface area contributed by atoms with Gasteiger partial charge in [0.2, 0.25) is 0 Å². The van der Waals surface area contributed by atoms with E-state index in [-0.39, 0.29) is 10.5 Å². The van der Waals surface area contributed by atoms with Gasteiger partial charge in [-0.2, -0.15) is 0 Å². The van der Waals surface area contributed by atoms with E-state index in [1.807, 2.05) is 18.2 Å². The summed E-state index contributed by atoms with van der Waals surface area (Å²) in [5.74, 6) is 0.261. The molecule has 2 nitrogen and oxygen atoms in total. The Hall–Kier alpha value is -0.480. The van der Waals surface area contributed by atoms with Crippen molar-refractivity contribution in [3.63, 3.8) is 0 Å². The summed E-state index contributed by atoms with van der Waals surface area (Å²) in [4.78, 5) is 15.2. The summed E-state index contributed by atoms with van der Waals surface area (Å²) in [5.41, 5.74) is 0. The molecule has 0 unspecified atom stereocenters. The Kier molecular flexibility index (Phi) is 5.35. The third-order valence-electron chi connectivity index (χ3n) is 2.07. The van der Waals surface area contributed by atoms with Gasteiger partial charge in [0.1, 0.15) is 10.8 Å². The van der Waals surface area contributed by atoms with Crippen LogP contribution < -0.4 is 0 Å². The third-order valence-corrected chi connectivity index (χ3v) is 5.34. The fourth-order valence-corrected chi connectivity index (χ4v) is 3.28. The largest absolute Gasteiger partial charge is 0.300 e. The van der Waals surface area contributed by atoms with Crippen molar-refractivity contribution >= 4 is 27.4 Å². The molecule has 0 atom stereocenters. The first-order valence-electron chi connectivity index (χ1n) is 5.26. The molecule has 1 aromatic heterocycles. The minimum Gasteiger partial charge on any atom is -0.300 e. The molecule has 0 radical (unpaired) electrons. The van der Waals surface area contributed by atoms with Crippen molar-refractivity contribution < 1.29 is 4.79 Å². The van der Waals surface area contributed by atoms with Gasteiger partial charge in [-0.25, -0.2) is 4.98 Å². The molecule has 0 aliphatic rings. The van der Waals surface area contributed by atoms with Crippen LogP contribution in [0.4, 0.5) is 0 Å². The monoisotopic (exact) mass is 255 g/mol. The molecule has 0 aliphatic carbocycles. The maximum absolute atomic E-state index is 10.9. The van der Waals surface area contributed by atoms with E-state index in [1.165, 1.54) is 0 Å². The predicted octanol–water partition coefficient (Wildman–Crippen LogP) is 3.97. The summed E-state index contributed by atoms with van der Waals surface area (Å²) in [6, 6.07) is 5.90. The molecule has 0 N–H and O–H groups in total. The molecule has 0 aliphatic heterocycles. The highest BCUT2D eigenvalue weighted by Gasteiger charge is 2.20. The second kappa shape index (κ2) is 6.30. The molecular weight excluding hydrogens is 238 g/mol. The van der Waals surface area contributed by atoms with E-state index < -0.39 is 0 Å². The topological polar surface area (TPSA) is 30.0 Å². The van der Waals surface area contributed by atoms with Crippen molar-refractivity contribution in [3.05, 3.63) is 24.4 Å². The number of hydrogen-bond acceptors (Lipinski definition) is 4. The van der Waals surface area contributed by atoms with Crippen LogP contribution in [0.1, 0.15) is 33.6 Å². The number of carbonyl (C=O) groups excluding carboxylic acids is 1. The Bertz CT molecular complexity index is 338. The van der Waals surface area contributed by atoms with Gasteiger partial charge >= 0.3 is 0 Å². The van der Waals surface area contributed by atoms with E-state index in [0.29, 0.717) is 6.42 Å². The fraction of sp³-hybridized carbons (Fsp3) is 0.500. The van der Waals surface area contributed by atoms with Crippen LogP contribution >= 0.6 is 21.6 Å². The molecule has 88 valence electrons. The molecule has 1 heterocycles. The zero-order valence-corrected chi connectivity index (χ0v) is 11.5. The maximum atomic E-state index is 10.9. The van der Waals surface area contributed by atoms with Crippen molar-refractivity contribution in [1.29, 1.82) is 0 Å². The van der Waals surface area contributed by atoms with Gasteiger partial charge in [-0.15, -0.1) is 0 Å². The lowest BCUT2D eigenvalue weighted by Crippen LogP contribution is -2.14. The molecule has 16 heavy (non-hydrogen) atoms. The molecule has 1 rings (SSSR count). The highest BCUT2D eigenvalue weighted by Crippen LogP contribution is 2.42. The Labute approximate surface area is 105 Å². The molecule has 0 saturated carbocycles. The second-order valence-corrected chi connectivity index (χ2v) is 7.15. The number of nitrogens with zero attached hydrogens (tertiary/aromatic N) is 1. The van der Waals surface area contributed by atoms with E-state index >= 15 is 0 Å². The van der Waals surface area contributed by atoms with Crippen LogP contribution in [0.5, 0.6) is 0 Å². The maximum Gasteiger partial charge on any atom is 0.129 e. The molecular formula is C12H17NOS2. The second-order valence-electron chi connectivity index (χ2n) is 4.30.